The zero-order valence-corrected chi connectivity index (χ0v) is 38.6. The first kappa shape index (κ1) is 42.1. The SMILES string of the molecule is CC(=O)N1CCc2c(c(-c3cccc4cc(C5CC5)ncc34)nn2C2CCN(C(=O)C3CCN(c4ccc(N5CCC6(CC5)C[C@H](C)N(c5ccc(C#N)c(Cl)c5)C6)cc4)CC3)CC2)C1. The first-order chi connectivity index (χ1) is 31.6. The molecule has 11 rings (SSSR count). The second-order valence-corrected chi connectivity index (χ2v) is 20.5. The van der Waals surface area contributed by atoms with Crippen LogP contribution in [-0.2, 0) is 22.6 Å². The number of carbonyl (C=O) groups is 2. The van der Waals surface area contributed by atoms with Crippen LogP contribution in [0.25, 0.3) is 22.0 Å². The van der Waals surface area contributed by atoms with Crippen molar-refractivity contribution in [1.82, 2.24) is 24.6 Å². The van der Waals surface area contributed by atoms with Crippen molar-refractivity contribution in [3.8, 4) is 17.3 Å². The Morgan fingerprint density at radius 2 is 1.52 bits per heavy atom. The molecule has 5 aliphatic heterocycles. The summed E-state index contributed by atoms with van der Waals surface area (Å²) in [6, 6.07) is 26.5. The van der Waals surface area contributed by atoms with Crippen LogP contribution in [0.3, 0.4) is 0 Å². The highest BCUT2D eigenvalue weighted by Crippen LogP contribution is 2.47. The van der Waals surface area contributed by atoms with Crippen molar-refractivity contribution in [2.75, 3.05) is 67.1 Å². The van der Waals surface area contributed by atoms with E-state index in [0.717, 1.165) is 119 Å². The highest BCUT2D eigenvalue weighted by Gasteiger charge is 2.44. The largest absolute Gasteiger partial charge is 0.371 e. The summed E-state index contributed by atoms with van der Waals surface area (Å²) in [5, 5.41) is 17.6. The molecule has 0 N–H and O–H groups in total. The number of benzene rings is 3. The number of amides is 2. The molecule has 2 aromatic heterocycles. The molecule has 1 saturated carbocycles. The summed E-state index contributed by atoms with van der Waals surface area (Å²) >= 11 is 6.42. The van der Waals surface area contributed by atoms with E-state index < -0.39 is 0 Å². The van der Waals surface area contributed by atoms with E-state index in [4.69, 9.17) is 21.7 Å². The third kappa shape index (κ3) is 8.00. The topological polar surface area (TPSA) is 105 Å². The van der Waals surface area contributed by atoms with E-state index in [1.165, 1.54) is 47.4 Å². The van der Waals surface area contributed by atoms with Gasteiger partial charge in [0, 0.05) is 141 Å². The number of hydrogen-bond acceptors (Lipinski definition) is 8. The van der Waals surface area contributed by atoms with Crippen LogP contribution in [0.1, 0.15) is 106 Å². The molecular formula is C53H60ClN9O2. The second kappa shape index (κ2) is 17.0. The predicted molar refractivity (Wildman–Crippen MR) is 257 cm³/mol. The van der Waals surface area contributed by atoms with Crippen molar-refractivity contribution in [1.29, 1.82) is 5.26 Å². The lowest BCUT2D eigenvalue weighted by atomic mass is 9.76. The van der Waals surface area contributed by atoms with Gasteiger partial charge in [0.1, 0.15) is 6.07 Å². The average molecular weight is 891 g/mol. The molecule has 0 bridgehead atoms. The Morgan fingerprint density at radius 3 is 2.20 bits per heavy atom. The highest BCUT2D eigenvalue weighted by molar-refractivity contribution is 6.32. The van der Waals surface area contributed by atoms with Gasteiger partial charge in [0.15, 0.2) is 0 Å². The van der Waals surface area contributed by atoms with E-state index in [2.05, 4.69) is 85.8 Å². The van der Waals surface area contributed by atoms with E-state index in [9.17, 15) is 14.9 Å². The molecule has 1 atom stereocenters. The van der Waals surface area contributed by atoms with Gasteiger partial charge in [0.25, 0.3) is 0 Å². The van der Waals surface area contributed by atoms with Gasteiger partial charge in [-0.05, 0) is 124 Å². The molecule has 5 fully saturated rings. The number of fused-ring (bicyclic) bond motifs is 2. The zero-order valence-electron chi connectivity index (χ0n) is 37.9. The Labute approximate surface area is 387 Å². The van der Waals surface area contributed by atoms with Crippen LogP contribution in [0, 0.1) is 22.7 Å². The lowest BCUT2D eigenvalue weighted by Gasteiger charge is -2.41. The lowest BCUT2D eigenvalue weighted by Crippen LogP contribution is -2.46. The quantitative estimate of drug-likeness (QED) is 0.159. The van der Waals surface area contributed by atoms with Gasteiger partial charge >= 0.3 is 0 Å². The van der Waals surface area contributed by atoms with Crippen LogP contribution in [0.5, 0.6) is 0 Å². The lowest BCUT2D eigenvalue weighted by molar-refractivity contribution is -0.137. The fourth-order valence-electron chi connectivity index (χ4n) is 12.1. The van der Waals surface area contributed by atoms with Crippen LogP contribution in [0.4, 0.5) is 17.1 Å². The Balaban J connectivity index is 0.690. The van der Waals surface area contributed by atoms with Gasteiger partial charge in [-0.2, -0.15) is 10.4 Å². The monoisotopic (exact) mass is 889 g/mol. The van der Waals surface area contributed by atoms with Crippen molar-refractivity contribution in [2.45, 2.75) is 103 Å². The van der Waals surface area contributed by atoms with Crippen LogP contribution in [-0.4, -0.2) is 94.8 Å². The van der Waals surface area contributed by atoms with Crippen LogP contribution >= 0.6 is 11.6 Å². The van der Waals surface area contributed by atoms with Crippen LogP contribution < -0.4 is 14.7 Å². The number of hydrogen-bond donors (Lipinski definition) is 0. The average Bonchev–Trinajstić information content (AvgIpc) is 4.06. The number of pyridine rings is 1. The number of likely N-dealkylation sites (tertiary alicyclic amines) is 1. The summed E-state index contributed by atoms with van der Waals surface area (Å²) in [6.07, 6.45) is 12.3. The third-order valence-electron chi connectivity index (χ3n) is 16.1. The molecule has 7 heterocycles. The van der Waals surface area contributed by atoms with Crippen LogP contribution in [0.15, 0.2) is 72.9 Å². The van der Waals surface area contributed by atoms with Crippen molar-refractivity contribution >= 4 is 51.2 Å². The first-order valence-corrected chi connectivity index (χ1v) is 24.6. The van der Waals surface area contributed by atoms with E-state index in [-0.39, 0.29) is 17.9 Å². The summed E-state index contributed by atoms with van der Waals surface area (Å²) in [5.41, 5.74) is 10.1. The Kier molecular flexibility index (Phi) is 11.0. The van der Waals surface area contributed by atoms with E-state index in [0.29, 0.717) is 47.0 Å². The second-order valence-electron chi connectivity index (χ2n) is 20.1. The number of carbonyl (C=O) groups excluding carboxylic acids is 2. The summed E-state index contributed by atoms with van der Waals surface area (Å²) in [4.78, 5) is 43.1. The maximum absolute atomic E-state index is 14.0. The standard InChI is InChI=1S/C53H60ClN9O2/c1-35-30-53(34-62(35)44-9-8-40(31-55)48(54)29-44)19-26-59(27-20-53)42-12-10-41(11-13-42)58-21-14-38(15-22-58)52(65)60-23-16-43(17-24-60)63-50-18-25-61(36(2)64)33-47(50)51(57-63)45-5-3-4-39-28-49(37-6-7-37)56-32-46(39)45/h3-5,8-13,28-29,32,35,37-38,43H,6-7,14-27,30,33-34H2,1-2H3/t35-/m0/s1. The Morgan fingerprint density at radius 1 is 0.815 bits per heavy atom. The minimum atomic E-state index is 0.0629. The van der Waals surface area contributed by atoms with Gasteiger partial charge in [-0.3, -0.25) is 19.3 Å². The van der Waals surface area contributed by atoms with Crippen molar-refractivity contribution in [3.63, 3.8) is 0 Å². The molecule has 0 unspecified atom stereocenters. The molecule has 1 spiro atoms. The maximum atomic E-state index is 14.0. The molecule has 1 aliphatic carbocycles. The maximum Gasteiger partial charge on any atom is 0.225 e. The van der Waals surface area contributed by atoms with E-state index in [1.54, 1.807) is 6.92 Å². The fraction of sp³-hybridized carbons (Fsp3) is 0.491. The minimum Gasteiger partial charge on any atom is -0.371 e. The molecule has 3 aromatic carbocycles. The predicted octanol–water partition coefficient (Wildman–Crippen LogP) is 9.37. The van der Waals surface area contributed by atoms with Gasteiger partial charge in [-0.25, -0.2) is 0 Å². The van der Waals surface area contributed by atoms with E-state index >= 15 is 0 Å². The fourth-order valence-corrected chi connectivity index (χ4v) is 12.3. The van der Waals surface area contributed by atoms with Crippen molar-refractivity contribution in [3.05, 3.63) is 100 Å². The summed E-state index contributed by atoms with van der Waals surface area (Å²) in [6.45, 7) is 11.7. The molecule has 11 nitrogen and oxygen atoms in total. The smallest absolute Gasteiger partial charge is 0.225 e. The van der Waals surface area contributed by atoms with E-state index in [1.807, 2.05) is 29.3 Å². The number of aromatic nitrogens is 3. The third-order valence-corrected chi connectivity index (χ3v) is 16.4. The Bertz CT molecular complexity index is 2660. The summed E-state index contributed by atoms with van der Waals surface area (Å²) < 4.78 is 2.28. The number of rotatable bonds is 7. The molecular weight excluding hydrogens is 830 g/mol. The number of anilines is 3. The normalized spacial score (nSPS) is 21.6. The summed E-state index contributed by atoms with van der Waals surface area (Å²) in [5.74, 6) is 1.07. The summed E-state index contributed by atoms with van der Waals surface area (Å²) in [7, 11) is 0. The number of halogens is 1. The molecule has 2 amide bonds. The molecule has 0 radical (unpaired) electrons. The van der Waals surface area contributed by atoms with Crippen molar-refractivity contribution < 1.29 is 9.59 Å². The molecule has 336 valence electrons. The van der Waals surface area contributed by atoms with Gasteiger partial charge < -0.3 is 24.5 Å². The molecule has 65 heavy (non-hydrogen) atoms. The van der Waals surface area contributed by atoms with Gasteiger partial charge in [-0.15, -0.1) is 0 Å². The van der Waals surface area contributed by atoms with Crippen LogP contribution in [0.2, 0.25) is 5.02 Å². The number of nitriles is 1. The molecule has 6 aliphatic rings. The molecule has 5 aromatic rings. The van der Waals surface area contributed by atoms with Gasteiger partial charge in [0.2, 0.25) is 11.8 Å². The molecule has 4 saturated heterocycles. The van der Waals surface area contributed by atoms with Crippen molar-refractivity contribution in [2.24, 2.45) is 11.3 Å². The first-order valence-electron chi connectivity index (χ1n) is 24.2. The van der Waals surface area contributed by atoms with Gasteiger partial charge in [-0.1, -0.05) is 29.8 Å². The minimum absolute atomic E-state index is 0.0629. The number of nitrogens with zero attached hydrogens (tertiary/aromatic N) is 9. The molecule has 12 heteroatoms. The number of piperidine rings is 3. The Hall–Kier alpha value is -5.60. The zero-order chi connectivity index (χ0) is 44.4. The van der Waals surface area contributed by atoms with Gasteiger partial charge in [0.05, 0.1) is 22.3 Å². The highest BCUT2D eigenvalue weighted by atomic mass is 35.5.